The van der Waals surface area contributed by atoms with E-state index in [-0.39, 0.29) is 16.5 Å². The zero-order valence-electron chi connectivity index (χ0n) is 20.7. The van der Waals surface area contributed by atoms with E-state index in [0.717, 1.165) is 14.3 Å². The van der Waals surface area contributed by atoms with Crippen LogP contribution in [0.25, 0.3) is 0 Å². The van der Waals surface area contributed by atoms with Crippen molar-refractivity contribution in [2.75, 3.05) is 13.7 Å². The van der Waals surface area contributed by atoms with E-state index in [9.17, 15) is 13.2 Å². The largest absolute Gasteiger partial charge is 0.496 e. The highest BCUT2D eigenvalue weighted by Crippen LogP contribution is 2.28. The van der Waals surface area contributed by atoms with Crippen LogP contribution in [0.2, 0.25) is 10.0 Å². The zero-order valence-corrected chi connectivity index (χ0v) is 24.6. The van der Waals surface area contributed by atoms with Gasteiger partial charge in [0, 0.05) is 16.6 Å². The van der Waals surface area contributed by atoms with Gasteiger partial charge < -0.3 is 4.74 Å². The molecular weight excluding hydrogens is 601 g/mol. The van der Waals surface area contributed by atoms with Crippen LogP contribution < -0.4 is 10.2 Å². The molecule has 37 heavy (non-hydrogen) atoms. The number of aryl methyl sites for hydroxylation is 3. The lowest BCUT2D eigenvalue weighted by Crippen LogP contribution is -2.39. The van der Waals surface area contributed by atoms with Crippen molar-refractivity contribution in [3.63, 3.8) is 0 Å². The fourth-order valence-corrected chi connectivity index (χ4v) is 6.44. The summed E-state index contributed by atoms with van der Waals surface area (Å²) in [6.07, 6.45) is 1.42. The molecular formula is C26H26BrCl2N3O4S. The van der Waals surface area contributed by atoms with Gasteiger partial charge >= 0.3 is 0 Å². The quantitative estimate of drug-likeness (QED) is 0.232. The third kappa shape index (κ3) is 7.33. The van der Waals surface area contributed by atoms with Gasteiger partial charge in [0.1, 0.15) is 5.75 Å². The first kappa shape index (κ1) is 29.1. The van der Waals surface area contributed by atoms with Gasteiger partial charge in [-0.15, -0.1) is 0 Å². The Kier molecular flexibility index (Phi) is 9.77. The highest BCUT2D eigenvalue weighted by Gasteiger charge is 2.30. The first-order valence-electron chi connectivity index (χ1n) is 11.1. The first-order valence-corrected chi connectivity index (χ1v) is 14.1. The van der Waals surface area contributed by atoms with Crippen molar-refractivity contribution >= 4 is 61.3 Å². The number of hydrogen-bond acceptors (Lipinski definition) is 5. The fraction of sp³-hybridized carbons (Fsp3) is 0.231. The van der Waals surface area contributed by atoms with Gasteiger partial charge in [-0.2, -0.15) is 9.41 Å². The predicted octanol–water partition coefficient (Wildman–Crippen LogP) is 6.03. The summed E-state index contributed by atoms with van der Waals surface area (Å²) in [5.41, 5.74) is 5.75. The molecule has 0 heterocycles. The Morgan fingerprint density at radius 2 is 1.73 bits per heavy atom. The van der Waals surface area contributed by atoms with Crippen molar-refractivity contribution in [1.82, 2.24) is 9.73 Å². The monoisotopic (exact) mass is 625 g/mol. The molecule has 0 aromatic heterocycles. The number of carbonyl (C=O) groups is 1. The molecule has 0 atom stereocenters. The van der Waals surface area contributed by atoms with Crippen LogP contribution in [0, 0.1) is 20.8 Å². The molecule has 1 N–H and O–H groups in total. The summed E-state index contributed by atoms with van der Waals surface area (Å²) in [4.78, 5) is 13.0. The average molecular weight is 627 g/mol. The maximum absolute atomic E-state index is 13.8. The number of amides is 1. The maximum Gasteiger partial charge on any atom is 0.255 e. The number of ether oxygens (including phenoxy) is 1. The maximum atomic E-state index is 13.8. The fourth-order valence-electron chi connectivity index (χ4n) is 3.95. The van der Waals surface area contributed by atoms with Crippen molar-refractivity contribution in [3.8, 4) is 5.75 Å². The van der Waals surface area contributed by atoms with Gasteiger partial charge in [0.25, 0.3) is 5.91 Å². The second-order valence-corrected chi connectivity index (χ2v) is 12.0. The molecule has 0 aliphatic carbocycles. The number of hydrogen-bond donors (Lipinski definition) is 1. The van der Waals surface area contributed by atoms with E-state index in [2.05, 4.69) is 26.5 Å². The van der Waals surface area contributed by atoms with Crippen LogP contribution in [0.15, 0.2) is 63.0 Å². The highest BCUT2D eigenvalue weighted by atomic mass is 79.9. The van der Waals surface area contributed by atoms with E-state index in [1.807, 2.05) is 13.0 Å². The molecule has 1 amide bonds. The van der Waals surface area contributed by atoms with Crippen molar-refractivity contribution in [2.45, 2.75) is 32.2 Å². The first-order chi connectivity index (χ1) is 17.4. The van der Waals surface area contributed by atoms with Crippen molar-refractivity contribution in [2.24, 2.45) is 5.10 Å². The molecule has 0 saturated heterocycles. The van der Waals surface area contributed by atoms with Crippen molar-refractivity contribution in [1.29, 1.82) is 0 Å². The van der Waals surface area contributed by atoms with Crippen LogP contribution in [0.4, 0.5) is 0 Å². The smallest absolute Gasteiger partial charge is 0.255 e. The molecule has 0 aliphatic heterocycles. The molecule has 3 aromatic rings. The lowest BCUT2D eigenvalue weighted by Gasteiger charge is -2.24. The lowest BCUT2D eigenvalue weighted by molar-refractivity contribution is -0.121. The number of methoxy groups -OCH3 is 1. The molecule has 11 heteroatoms. The molecule has 0 spiro atoms. The number of sulfonamides is 1. The van der Waals surface area contributed by atoms with Crippen LogP contribution in [0.1, 0.15) is 27.8 Å². The second-order valence-electron chi connectivity index (χ2n) is 8.43. The molecule has 3 aromatic carbocycles. The lowest BCUT2D eigenvalue weighted by atomic mass is 10.1. The van der Waals surface area contributed by atoms with E-state index in [0.29, 0.717) is 33.0 Å². The summed E-state index contributed by atoms with van der Waals surface area (Å²) in [6, 6.07) is 13.8. The Balaban J connectivity index is 1.91. The summed E-state index contributed by atoms with van der Waals surface area (Å²) >= 11 is 15.6. The van der Waals surface area contributed by atoms with E-state index >= 15 is 0 Å². The molecule has 0 aliphatic rings. The van der Waals surface area contributed by atoms with Gasteiger partial charge in [0.2, 0.25) is 10.0 Å². The summed E-state index contributed by atoms with van der Waals surface area (Å²) in [6.45, 7) is 4.81. The molecule has 0 radical (unpaired) electrons. The van der Waals surface area contributed by atoms with E-state index in [1.54, 1.807) is 56.3 Å². The molecule has 196 valence electrons. The number of nitrogens with zero attached hydrogens (tertiary/aromatic N) is 2. The van der Waals surface area contributed by atoms with Gasteiger partial charge in [-0.05, 0) is 67.8 Å². The Labute approximate surface area is 235 Å². The van der Waals surface area contributed by atoms with Crippen LogP contribution in [-0.2, 0) is 21.4 Å². The Morgan fingerprint density at radius 1 is 1.05 bits per heavy atom. The minimum Gasteiger partial charge on any atom is -0.496 e. The summed E-state index contributed by atoms with van der Waals surface area (Å²) in [7, 11) is -2.54. The van der Waals surface area contributed by atoms with Crippen LogP contribution in [-0.4, -0.2) is 38.5 Å². The standard InChI is InChI=1S/C26H26BrCl2N3O4S/c1-16-9-17(2)26(18(3)10-16)37(34,35)32(14-19-5-7-22(28)23(29)11-19)15-25(33)31-30-13-20-12-21(27)6-8-24(20)36-4/h5-13H,14-15H2,1-4H3,(H,31,33)/b30-13+. The number of hydrazone groups is 1. The minimum atomic E-state index is -4.07. The van der Waals surface area contributed by atoms with Crippen LogP contribution in [0.3, 0.4) is 0 Å². The van der Waals surface area contributed by atoms with Gasteiger partial charge in [-0.3, -0.25) is 4.79 Å². The number of benzene rings is 3. The van der Waals surface area contributed by atoms with E-state index < -0.39 is 22.5 Å². The van der Waals surface area contributed by atoms with E-state index in [1.165, 1.54) is 13.3 Å². The number of carbonyl (C=O) groups excluding carboxylic acids is 1. The Hall–Kier alpha value is -2.43. The number of halogens is 3. The molecule has 0 unspecified atom stereocenters. The van der Waals surface area contributed by atoms with Crippen molar-refractivity contribution in [3.05, 3.63) is 90.9 Å². The molecule has 0 fully saturated rings. The zero-order chi connectivity index (χ0) is 27.3. The minimum absolute atomic E-state index is 0.0947. The molecule has 0 bridgehead atoms. The number of nitrogens with one attached hydrogen (secondary N) is 1. The molecule has 7 nitrogen and oxygen atoms in total. The van der Waals surface area contributed by atoms with Gasteiger partial charge in [0.15, 0.2) is 0 Å². The Morgan fingerprint density at radius 3 is 2.35 bits per heavy atom. The molecule has 0 saturated carbocycles. The van der Waals surface area contributed by atoms with Gasteiger partial charge in [0.05, 0.1) is 34.8 Å². The van der Waals surface area contributed by atoms with E-state index in [4.69, 9.17) is 27.9 Å². The SMILES string of the molecule is COc1ccc(Br)cc1/C=N/NC(=O)CN(Cc1ccc(Cl)c(Cl)c1)S(=O)(=O)c1c(C)cc(C)cc1C. The normalized spacial score (nSPS) is 11.8. The topological polar surface area (TPSA) is 88.1 Å². The summed E-state index contributed by atoms with van der Waals surface area (Å²) in [5.74, 6) is -0.0494. The second kappa shape index (κ2) is 12.4. The van der Waals surface area contributed by atoms with Gasteiger partial charge in [-0.25, -0.2) is 13.8 Å². The van der Waals surface area contributed by atoms with Crippen LogP contribution >= 0.6 is 39.1 Å². The molecule has 3 rings (SSSR count). The number of rotatable bonds is 9. The van der Waals surface area contributed by atoms with Gasteiger partial charge in [-0.1, -0.05) is 62.9 Å². The third-order valence-corrected chi connectivity index (χ3v) is 8.78. The average Bonchev–Trinajstić information content (AvgIpc) is 2.80. The van der Waals surface area contributed by atoms with Crippen molar-refractivity contribution < 1.29 is 17.9 Å². The summed E-state index contributed by atoms with van der Waals surface area (Å²) < 4.78 is 34.8. The third-order valence-electron chi connectivity index (χ3n) is 5.45. The summed E-state index contributed by atoms with van der Waals surface area (Å²) in [5, 5.41) is 4.63. The van der Waals surface area contributed by atoms with Crippen LogP contribution in [0.5, 0.6) is 5.75 Å². The highest BCUT2D eigenvalue weighted by molar-refractivity contribution is 9.10. The Bertz CT molecular complexity index is 1440. The predicted molar refractivity (Wildman–Crippen MR) is 151 cm³/mol.